The summed E-state index contributed by atoms with van der Waals surface area (Å²) in [5.74, 6) is 0.751. The molecule has 1 aromatic carbocycles. The molecule has 1 aliphatic heterocycles. The van der Waals surface area contributed by atoms with Crippen LogP contribution in [0.25, 0.3) is 16.7 Å². The zero-order valence-electron chi connectivity index (χ0n) is 17.5. The third-order valence-electron chi connectivity index (χ3n) is 5.72. The summed E-state index contributed by atoms with van der Waals surface area (Å²) < 4.78 is 26.1. The number of furan rings is 1. The van der Waals surface area contributed by atoms with Gasteiger partial charge in [0.25, 0.3) is 5.56 Å². The molecule has 5 rings (SSSR count). The van der Waals surface area contributed by atoms with Gasteiger partial charge >= 0.3 is 6.09 Å². The second-order valence-corrected chi connectivity index (χ2v) is 7.78. The number of amides is 1. The summed E-state index contributed by atoms with van der Waals surface area (Å²) in [4.78, 5) is 29.3. The van der Waals surface area contributed by atoms with Crippen LogP contribution in [0.2, 0.25) is 0 Å². The highest BCUT2D eigenvalue weighted by Crippen LogP contribution is 2.30. The van der Waals surface area contributed by atoms with E-state index in [1.54, 1.807) is 12.3 Å². The molecule has 168 valence electrons. The molecule has 0 spiro atoms. The Balaban J connectivity index is 1.36. The van der Waals surface area contributed by atoms with Gasteiger partial charge in [-0.2, -0.15) is 0 Å². The molecular weight excluding hydrogens is 429 g/mol. The Bertz CT molecular complexity index is 1390. The summed E-state index contributed by atoms with van der Waals surface area (Å²) >= 11 is 0. The van der Waals surface area contributed by atoms with Crippen molar-refractivity contribution in [3.8, 4) is 11.4 Å². The van der Waals surface area contributed by atoms with E-state index >= 15 is 0 Å². The van der Waals surface area contributed by atoms with E-state index in [2.05, 4.69) is 4.98 Å². The lowest BCUT2D eigenvalue weighted by atomic mass is 10.1. The molecule has 8 nitrogen and oxygen atoms in total. The van der Waals surface area contributed by atoms with Crippen molar-refractivity contribution in [2.24, 2.45) is 0 Å². The van der Waals surface area contributed by atoms with Crippen LogP contribution in [0.1, 0.15) is 17.0 Å². The van der Waals surface area contributed by atoms with E-state index in [1.165, 1.54) is 27.7 Å². The second-order valence-electron chi connectivity index (χ2n) is 7.78. The summed E-state index contributed by atoms with van der Waals surface area (Å²) in [6.07, 6.45) is 2.91. The van der Waals surface area contributed by atoms with E-state index in [4.69, 9.17) is 9.15 Å². The molecule has 0 saturated carbocycles. The van der Waals surface area contributed by atoms with E-state index in [9.17, 15) is 19.1 Å². The Kier molecular flexibility index (Phi) is 5.29. The van der Waals surface area contributed by atoms with Crippen molar-refractivity contribution >= 4 is 17.1 Å². The summed E-state index contributed by atoms with van der Waals surface area (Å²) in [6, 6.07) is 11.4. The highest BCUT2D eigenvalue weighted by Gasteiger charge is 2.22. The number of pyridine rings is 2. The Morgan fingerprint density at radius 1 is 1.15 bits per heavy atom. The Labute approximate surface area is 187 Å². The monoisotopic (exact) mass is 449 g/mol. The molecule has 1 amide bonds. The Morgan fingerprint density at radius 2 is 2.00 bits per heavy atom. The molecule has 4 aromatic rings. The lowest BCUT2D eigenvalue weighted by molar-refractivity contribution is 0.147. The number of hydrogen-bond acceptors (Lipinski definition) is 5. The number of benzene rings is 1. The van der Waals surface area contributed by atoms with Crippen molar-refractivity contribution in [2.45, 2.75) is 19.4 Å². The zero-order valence-corrected chi connectivity index (χ0v) is 17.5. The molecule has 0 bridgehead atoms. The minimum atomic E-state index is -0.924. The number of rotatable bonds is 4. The third kappa shape index (κ3) is 4.17. The summed E-state index contributed by atoms with van der Waals surface area (Å²) in [7, 11) is 0. The van der Waals surface area contributed by atoms with Gasteiger partial charge < -0.3 is 19.2 Å². The Hall–Kier alpha value is -4.14. The van der Waals surface area contributed by atoms with E-state index in [0.717, 1.165) is 22.9 Å². The van der Waals surface area contributed by atoms with E-state index in [-0.39, 0.29) is 12.2 Å². The fourth-order valence-electron chi connectivity index (χ4n) is 4.01. The first kappa shape index (κ1) is 20.7. The molecule has 9 heteroatoms. The highest BCUT2D eigenvalue weighted by molar-refractivity contribution is 5.84. The van der Waals surface area contributed by atoms with Gasteiger partial charge in [-0.05, 0) is 36.8 Å². The minimum absolute atomic E-state index is 0.118. The standard InChI is InChI=1S/C24H20FN3O5/c25-15-1-2-16(26-13-15)14-32-18-5-10-28(23(29)12-18)17-3-4-19-20-6-8-27(24(30)31)9-7-21(20)33-22(19)11-17/h1-5,10-13H,6-9,14H2,(H,30,31). The molecule has 3 aromatic heterocycles. The molecular formula is C24H20FN3O5. The molecule has 33 heavy (non-hydrogen) atoms. The molecule has 1 aliphatic rings. The number of fused-ring (bicyclic) bond motifs is 3. The maximum atomic E-state index is 13.0. The van der Waals surface area contributed by atoms with Gasteiger partial charge in [-0.1, -0.05) is 0 Å². The van der Waals surface area contributed by atoms with Crippen molar-refractivity contribution < 1.29 is 23.4 Å². The van der Waals surface area contributed by atoms with Crippen molar-refractivity contribution in [1.82, 2.24) is 14.5 Å². The van der Waals surface area contributed by atoms with Crippen LogP contribution in [0.15, 0.2) is 64.1 Å². The lowest BCUT2D eigenvalue weighted by Gasteiger charge is -2.15. The first-order valence-electron chi connectivity index (χ1n) is 10.5. The topological polar surface area (TPSA) is 97.8 Å². The fourth-order valence-corrected chi connectivity index (χ4v) is 4.01. The molecule has 4 heterocycles. The summed E-state index contributed by atoms with van der Waals surface area (Å²) in [6.45, 7) is 0.934. The molecule has 0 atom stereocenters. The van der Waals surface area contributed by atoms with Gasteiger partial charge in [0.1, 0.15) is 29.5 Å². The largest absolute Gasteiger partial charge is 0.487 e. The van der Waals surface area contributed by atoms with Crippen LogP contribution in [-0.4, -0.2) is 38.7 Å². The van der Waals surface area contributed by atoms with E-state index < -0.39 is 11.9 Å². The first-order valence-corrected chi connectivity index (χ1v) is 10.5. The van der Waals surface area contributed by atoms with Gasteiger partial charge in [0.2, 0.25) is 0 Å². The number of carboxylic acid groups (broad SMARTS) is 1. The Morgan fingerprint density at radius 3 is 2.76 bits per heavy atom. The van der Waals surface area contributed by atoms with Crippen molar-refractivity contribution in [3.05, 3.63) is 88.0 Å². The van der Waals surface area contributed by atoms with E-state index in [1.807, 2.05) is 18.2 Å². The maximum absolute atomic E-state index is 13.0. The number of ether oxygens (including phenoxy) is 1. The molecule has 1 N–H and O–H groups in total. The van der Waals surface area contributed by atoms with Gasteiger partial charge in [0.15, 0.2) is 0 Å². The normalized spacial score (nSPS) is 13.5. The van der Waals surface area contributed by atoms with Gasteiger partial charge in [-0.25, -0.2) is 9.18 Å². The third-order valence-corrected chi connectivity index (χ3v) is 5.72. The first-order chi connectivity index (χ1) is 16.0. The fraction of sp³-hybridized carbons (Fsp3) is 0.208. The van der Waals surface area contributed by atoms with Crippen molar-refractivity contribution in [2.75, 3.05) is 13.1 Å². The molecule has 0 radical (unpaired) electrons. The zero-order chi connectivity index (χ0) is 22.9. The highest BCUT2D eigenvalue weighted by atomic mass is 19.1. The van der Waals surface area contributed by atoms with Crippen LogP contribution in [0, 0.1) is 5.82 Å². The van der Waals surface area contributed by atoms with Gasteiger partial charge in [0, 0.05) is 48.8 Å². The van der Waals surface area contributed by atoms with Gasteiger partial charge in [0.05, 0.1) is 17.6 Å². The average Bonchev–Trinajstić information content (AvgIpc) is 3.01. The van der Waals surface area contributed by atoms with Crippen molar-refractivity contribution in [1.29, 1.82) is 0 Å². The predicted molar refractivity (Wildman–Crippen MR) is 117 cm³/mol. The van der Waals surface area contributed by atoms with Crippen LogP contribution in [0.4, 0.5) is 9.18 Å². The van der Waals surface area contributed by atoms with E-state index in [0.29, 0.717) is 48.6 Å². The predicted octanol–water partition coefficient (Wildman–Crippen LogP) is 3.78. The number of halogens is 1. The number of aromatic nitrogens is 2. The van der Waals surface area contributed by atoms with Crippen LogP contribution >= 0.6 is 0 Å². The number of nitrogens with zero attached hydrogens (tertiary/aromatic N) is 3. The van der Waals surface area contributed by atoms with Crippen LogP contribution in [-0.2, 0) is 19.4 Å². The molecule has 0 aliphatic carbocycles. The van der Waals surface area contributed by atoms with Crippen LogP contribution in [0.5, 0.6) is 5.75 Å². The number of hydrogen-bond donors (Lipinski definition) is 1. The number of carbonyl (C=O) groups is 1. The van der Waals surface area contributed by atoms with Crippen LogP contribution < -0.4 is 10.3 Å². The average molecular weight is 449 g/mol. The molecule has 0 fully saturated rings. The maximum Gasteiger partial charge on any atom is 0.407 e. The van der Waals surface area contributed by atoms with Gasteiger partial charge in [-0.15, -0.1) is 0 Å². The lowest BCUT2D eigenvalue weighted by Crippen LogP contribution is -2.31. The minimum Gasteiger partial charge on any atom is -0.487 e. The van der Waals surface area contributed by atoms with Crippen LogP contribution in [0.3, 0.4) is 0 Å². The quantitative estimate of drug-likeness (QED) is 0.509. The molecule has 0 unspecified atom stereocenters. The molecule has 0 saturated heterocycles. The SMILES string of the molecule is O=C(O)N1CCc2oc3cc(-n4ccc(OCc5ccc(F)cn5)cc4=O)ccc3c2CC1. The summed E-state index contributed by atoms with van der Waals surface area (Å²) in [5.41, 5.74) is 2.61. The smallest absolute Gasteiger partial charge is 0.407 e. The summed E-state index contributed by atoms with van der Waals surface area (Å²) in [5, 5.41) is 10.2. The second kappa shape index (κ2) is 8.42. The van der Waals surface area contributed by atoms with Crippen molar-refractivity contribution in [3.63, 3.8) is 0 Å². The van der Waals surface area contributed by atoms with Gasteiger partial charge in [-0.3, -0.25) is 14.3 Å².